The Labute approximate surface area is 153 Å². The van der Waals surface area contributed by atoms with Crippen molar-refractivity contribution in [1.29, 1.82) is 0 Å². The first-order chi connectivity index (χ1) is 10.3. The van der Waals surface area contributed by atoms with E-state index in [1.165, 1.54) is 50.5 Å². The van der Waals surface area contributed by atoms with Crippen molar-refractivity contribution in [2.45, 2.75) is 100.0 Å². The zero-order valence-electron chi connectivity index (χ0n) is 13.9. The maximum atomic E-state index is 5.88. The normalized spacial score (nSPS) is 10.8. The Balaban J connectivity index is -0.00000147. The van der Waals surface area contributed by atoms with Crippen LogP contribution in [0.25, 0.3) is 0 Å². The van der Waals surface area contributed by atoms with E-state index in [1.807, 2.05) is 6.07 Å². The molecular weight excluding hydrogens is 294 g/mol. The van der Waals surface area contributed by atoms with E-state index in [9.17, 15) is 0 Å². The van der Waals surface area contributed by atoms with Crippen LogP contribution in [0.15, 0.2) is 24.3 Å². The van der Waals surface area contributed by atoms with Gasteiger partial charge in [0.15, 0.2) is 0 Å². The van der Waals surface area contributed by atoms with E-state index in [2.05, 4.69) is 32.0 Å². The number of hydrogen-bond donors (Lipinski definition) is 1. The van der Waals surface area contributed by atoms with E-state index in [-0.39, 0.29) is 28.3 Å². The van der Waals surface area contributed by atoms with Crippen LogP contribution in [0.2, 0.25) is 0 Å². The third-order valence-corrected chi connectivity index (χ3v) is 3.96. The molecule has 24 heavy (non-hydrogen) atoms. The molecule has 0 aliphatic rings. The van der Waals surface area contributed by atoms with Crippen molar-refractivity contribution in [3.05, 3.63) is 29.8 Å². The van der Waals surface area contributed by atoms with Gasteiger partial charge in [-0.25, -0.2) is 0 Å². The molecule has 0 fully saturated rings. The maximum absolute atomic E-state index is 5.88. The van der Waals surface area contributed by atoms with Crippen molar-refractivity contribution in [2.24, 2.45) is 5.73 Å². The highest BCUT2D eigenvalue weighted by Crippen LogP contribution is 2.16. The highest BCUT2D eigenvalue weighted by molar-refractivity contribution is 5.28. The fourth-order valence-corrected chi connectivity index (χ4v) is 2.40. The van der Waals surface area contributed by atoms with Crippen molar-refractivity contribution in [3.8, 4) is 5.75 Å². The number of aryl methyl sites for hydroxylation is 1. The van der Waals surface area contributed by atoms with Crippen molar-refractivity contribution >= 4 is 0 Å². The average Bonchev–Trinajstić information content (AvgIpc) is 2.52. The van der Waals surface area contributed by atoms with Crippen LogP contribution in [0, 0.1) is 0 Å². The summed E-state index contributed by atoms with van der Waals surface area (Å²) in [6.45, 7) is 4.96. The zero-order chi connectivity index (χ0) is 15.3. The molecule has 0 heterocycles. The lowest BCUT2D eigenvalue weighted by Crippen LogP contribution is -2.26. The van der Waals surface area contributed by atoms with Gasteiger partial charge < -0.3 is 10.5 Å². The topological polar surface area (TPSA) is 35.2 Å². The van der Waals surface area contributed by atoms with Crippen LogP contribution < -0.4 is 10.5 Å². The van der Waals surface area contributed by atoms with Gasteiger partial charge in [0.25, 0.3) is 0 Å². The Bertz CT molecular complexity index is 365. The van der Waals surface area contributed by atoms with Gasteiger partial charge in [0.2, 0.25) is 0 Å². The van der Waals surface area contributed by atoms with E-state index < -0.39 is 0 Å². The zero-order valence-corrected chi connectivity index (χ0v) is 13.9. The summed E-state index contributed by atoms with van der Waals surface area (Å²) < 4.78 is 5.75. The Kier molecular flexibility index (Phi) is 21.2. The van der Waals surface area contributed by atoms with Crippen LogP contribution in [0.3, 0.4) is 0 Å². The van der Waals surface area contributed by atoms with Gasteiger partial charge in [-0.15, -0.1) is 0 Å². The highest BCUT2D eigenvalue weighted by Gasteiger charge is 2.02. The van der Waals surface area contributed by atoms with Gasteiger partial charge >= 0.3 is 0 Å². The van der Waals surface area contributed by atoms with Crippen LogP contribution in [-0.4, -0.2) is 12.6 Å². The fraction of sp³-hybridized carbons (Fsp3) is 0.727. The minimum absolute atomic E-state index is 0. The third-order valence-electron chi connectivity index (χ3n) is 3.96. The number of ether oxygens (including phenoxy) is 1. The second-order valence-corrected chi connectivity index (χ2v) is 6.00. The largest absolute Gasteiger partial charge is 0.492 e. The second-order valence-electron chi connectivity index (χ2n) is 6.00. The molecule has 0 aromatic heterocycles. The summed E-state index contributed by atoms with van der Waals surface area (Å²) in [4.78, 5) is 0. The Hall–Kier alpha value is -1.02. The Morgan fingerprint density at radius 3 is 2.17 bits per heavy atom. The predicted molar refractivity (Wildman–Crippen MR) is 112 cm³/mol. The molecule has 0 aliphatic heterocycles. The first-order valence-corrected chi connectivity index (χ1v) is 8.73. The molecule has 0 bridgehead atoms. The lowest BCUT2D eigenvalue weighted by atomic mass is 10.0. The summed E-state index contributed by atoms with van der Waals surface area (Å²) in [5.74, 6) is 0.958. The minimum Gasteiger partial charge on any atom is -0.492 e. The van der Waals surface area contributed by atoms with Crippen molar-refractivity contribution in [2.75, 3.05) is 6.61 Å². The number of benzene rings is 1. The lowest BCUT2D eigenvalue weighted by molar-refractivity contribution is 0.285. The molecule has 2 N–H and O–H groups in total. The van der Waals surface area contributed by atoms with E-state index in [0.29, 0.717) is 6.61 Å². The third kappa shape index (κ3) is 13.4. The van der Waals surface area contributed by atoms with Crippen molar-refractivity contribution < 1.29 is 4.74 Å². The fourth-order valence-electron chi connectivity index (χ4n) is 2.40. The second kappa shape index (κ2) is 18.3. The van der Waals surface area contributed by atoms with Gasteiger partial charge in [-0.3, -0.25) is 0 Å². The molecule has 1 aromatic carbocycles. The molecule has 0 amide bonds. The molecular formula is C22H45NO. The van der Waals surface area contributed by atoms with Crippen LogP contribution in [0.5, 0.6) is 5.75 Å². The number of nitrogens with two attached hydrogens (primary N) is 1. The van der Waals surface area contributed by atoms with E-state index in [1.54, 1.807) is 0 Å². The van der Waals surface area contributed by atoms with E-state index in [0.717, 1.165) is 18.6 Å². The van der Waals surface area contributed by atoms with Gasteiger partial charge in [-0.1, -0.05) is 86.8 Å². The van der Waals surface area contributed by atoms with Gasteiger partial charge in [0.05, 0.1) is 0 Å². The smallest absolute Gasteiger partial charge is 0.119 e. The molecule has 0 aliphatic carbocycles. The van der Waals surface area contributed by atoms with Gasteiger partial charge in [-0.2, -0.15) is 0 Å². The van der Waals surface area contributed by atoms with Crippen LogP contribution in [0.4, 0.5) is 0 Å². The first kappa shape index (κ1) is 27.8. The van der Waals surface area contributed by atoms with Crippen molar-refractivity contribution in [1.82, 2.24) is 0 Å². The SMILES string of the molecule is C.C.C.CCCCCCCCCc1cccc(OCC(N)CC)c1. The molecule has 1 rings (SSSR count). The molecule has 0 spiro atoms. The summed E-state index contributed by atoms with van der Waals surface area (Å²) in [6.07, 6.45) is 11.6. The summed E-state index contributed by atoms with van der Waals surface area (Å²) in [7, 11) is 0. The molecule has 0 saturated carbocycles. The minimum atomic E-state index is 0. The molecule has 1 unspecified atom stereocenters. The first-order valence-electron chi connectivity index (χ1n) is 8.73. The number of rotatable bonds is 12. The summed E-state index contributed by atoms with van der Waals surface area (Å²) in [5.41, 5.74) is 7.26. The molecule has 0 saturated heterocycles. The number of hydrogen-bond acceptors (Lipinski definition) is 2. The lowest BCUT2D eigenvalue weighted by Gasteiger charge is -2.12. The molecule has 1 aromatic rings. The summed E-state index contributed by atoms with van der Waals surface area (Å²) >= 11 is 0. The van der Waals surface area contributed by atoms with Gasteiger partial charge in [0.1, 0.15) is 12.4 Å². The van der Waals surface area contributed by atoms with Crippen LogP contribution in [-0.2, 0) is 6.42 Å². The van der Waals surface area contributed by atoms with Gasteiger partial charge in [-0.05, 0) is 37.0 Å². The quantitative estimate of drug-likeness (QED) is 0.416. The predicted octanol–water partition coefficient (Wildman–Crippen LogP) is 7.00. The summed E-state index contributed by atoms with van der Waals surface area (Å²) in [5, 5.41) is 0. The Morgan fingerprint density at radius 2 is 1.54 bits per heavy atom. The number of unbranched alkanes of at least 4 members (excludes halogenated alkanes) is 6. The van der Waals surface area contributed by atoms with E-state index >= 15 is 0 Å². The van der Waals surface area contributed by atoms with Crippen LogP contribution >= 0.6 is 0 Å². The molecule has 2 heteroatoms. The maximum Gasteiger partial charge on any atom is 0.119 e. The average molecular weight is 340 g/mol. The molecule has 2 nitrogen and oxygen atoms in total. The molecule has 0 radical (unpaired) electrons. The Morgan fingerprint density at radius 1 is 0.917 bits per heavy atom. The highest BCUT2D eigenvalue weighted by atomic mass is 16.5. The standard InChI is InChI=1S/C19H33NO.3CH4/c1-3-5-6-7-8-9-10-12-17-13-11-14-19(15-17)21-16-18(20)4-2;;;/h11,13-15,18H,3-10,12,16,20H2,1-2H3;3*1H4. The molecule has 1 atom stereocenters. The summed E-state index contributed by atoms with van der Waals surface area (Å²) in [6, 6.07) is 8.61. The monoisotopic (exact) mass is 339 g/mol. The van der Waals surface area contributed by atoms with Crippen molar-refractivity contribution in [3.63, 3.8) is 0 Å². The van der Waals surface area contributed by atoms with Crippen LogP contribution in [0.1, 0.15) is 93.1 Å². The van der Waals surface area contributed by atoms with E-state index in [4.69, 9.17) is 10.5 Å². The van der Waals surface area contributed by atoms with Gasteiger partial charge in [0, 0.05) is 6.04 Å². The molecule has 144 valence electrons.